The van der Waals surface area contributed by atoms with E-state index >= 15 is 0 Å². The van der Waals surface area contributed by atoms with Crippen LogP contribution in [0.15, 0.2) is 54.2 Å². The number of fused-ring (bicyclic) bond motifs is 1. The highest BCUT2D eigenvalue weighted by molar-refractivity contribution is 6.21. The summed E-state index contributed by atoms with van der Waals surface area (Å²) >= 11 is 0. The summed E-state index contributed by atoms with van der Waals surface area (Å²) in [7, 11) is 0. The third-order valence-electron chi connectivity index (χ3n) is 3.94. The normalized spacial score (nSPS) is 13.3. The lowest BCUT2D eigenvalue weighted by atomic mass is 10.1. The Balaban J connectivity index is 1.92. The molecule has 0 radical (unpaired) electrons. The van der Waals surface area contributed by atoms with Gasteiger partial charge in [-0.25, -0.2) is 0 Å². The van der Waals surface area contributed by atoms with Gasteiger partial charge in [0.05, 0.1) is 23.9 Å². The van der Waals surface area contributed by atoms with Gasteiger partial charge in [-0.2, -0.15) is 10.1 Å². The summed E-state index contributed by atoms with van der Waals surface area (Å²) in [5.74, 6) is -0.561. The second-order valence-corrected chi connectivity index (χ2v) is 5.66. The van der Waals surface area contributed by atoms with Crippen molar-refractivity contribution >= 4 is 18.0 Å². The first kappa shape index (κ1) is 17.4. The van der Waals surface area contributed by atoms with Gasteiger partial charge < -0.3 is 9.84 Å². The van der Waals surface area contributed by atoms with Gasteiger partial charge in [0, 0.05) is 5.56 Å². The average molecular weight is 350 g/mol. The highest BCUT2D eigenvalue weighted by Crippen LogP contribution is 2.32. The molecule has 1 heterocycles. The van der Waals surface area contributed by atoms with Crippen molar-refractivity contribution in [2.75, 3.05) is 6.61 Å². The van der Waals surface area contributed by atoms with Gasteiger partial charge in [-0.1, -0.05) is 18.2 Å². The number of amides is 2. The average Bonchev–Trinajstić information content (AvgIpc) is 2.88. The molecule has 0 saturated carbocycles. The van der Waals surface area contributed by atoms with E-state index in [1.165, 1.54) is 6.21 Å². The predicted octanol–water partition coefficient (Wildman–Crippen LogP) is 3.15. The number of nitrogens with zero attached hydrogens (tertiary/aromatic N) is 2. The number of rotatable bonds is 6. The first-order valence-corrected chi connectivity index (χ1v) is 8.18. The number of phenols is 1. The second kappa shape index (κ2) is 7.23. The molecular formula is C20H18N2O4. The molecule has 0 bridgehead atoms. The molecule has 0 aliphatic carbocycles. The lowest BCUT2D eigenvalue weighted by Gasteiger charge is -2.11. The van der Waals surface area contributed by atoms with Gasteiger partial charge in [0.25, 0.3) is 11.8 Å². The van der Waals surface area contributed by atoms with Crippen molar-refractivity contribution in [3.05, 3.63) is 71.3 Å². The zero-order chi connectivity index (χ0) is 18.7. The molecule has 1 aliphatic rings. The minimum absolute atomic E-state index is 0.0460. The Morgan fingerprint density at radius 1 is 1.19 bits per heavy atom. The van der Waals surface area contributed by atoms with Crippen LogP contribution < -0.4 is 4.74 Å². The number of imide groups is 1. The van der Waals surface area contributed by atoms with Crippen molar-refractivity contribution in [2.45, 2.75) is 13.3 Å². The van der Waals surface area contributed by atoms with Gasteiger partial charge in [-0.05, 0) is 43.2 Å². The van der Waals surface area contributed by atoms with Crippen molar-refractivity contribution in [3.8, 4) is 11.5 Å². The fraction of sp³-hybridized carbons (Fsp3) is 0.150. The van der Waals surface area contributed by atoms with E-state index in [4.69, 9.17) is 4.74 Å². The third kappa shape index (κ3) is 3.09. The number of aromatic hydroxyl groups is 1. The van der Waals surface area contributed by atoms with Crippen LogP contribution in [0.2, 0.25) is 0 Å². The highest BCUT2D eigenvalue weighted by Gasteiger charge is 2.35. The van der Waals surface area contributed by atoms with E-state index in [1.54, 1.807) is 42.5 Å². The summed E-state index contributed by atoms with van der Waals surface area (Å²) in [6.45, 7) is 5.87. The van der Waals surface area contributed by atoms with E-state index in [9.17, 15) is 14.7 Å². The first-order chi connectivity index (χ1) is 12.6. The van der Waals surface area contributed by atoms with Crippen LogP contribution in [0.3, 0.4) is 0 Å². The van der Waals surface area contributed by atoms with Gasteiger partial charge in [0.2, 0.25) is 0 Å². The number of carbonyl (C=O) groups is 2. The molecule has 3 rings (SSSR count). The molecule has 0 saturated heterocycles. The quantitative estimate of drug-likeness (QED) is 0.493. The summed E-state index contributed by atoms with van der Waals surface area (Å²) in [4.78, 5) is 24.7. The standard InChI is InChI=1S/C20H18N2O4/c1-3-7-14-10-13(11-17(18(14)23)26-4-2)12-21-22-19(24)15-8-5-6-9-16(15)20(22)25/h3,5-6,8-12,23H,1,4,7H2,2H3/b21-12-. The maximum Gasteiger partial charge on any atom is 0.282 e. The van der Waals surface area contributed by atoms with Crippen molar-refractivity contribution in [2.24, 2.45) is 5.10 Å². The SMILES string of the molecule is C=CCc1cc(/C=N\N2C(=O)c3ccccc3C2=O)cc(OCC)c1O. The van der Waals surface area contributed by atoms with E-state index in [-0.39, 0.29) is 5.75 Å². The summed E-state index contributed by atoms with van der Waals surface area (Å²) < 4.78 is 5.44. The minimum Gasteiger partial charge on any atom is -0.504 e. The Bertz CT molecular complexity index is 883. The van der Waals surface area contributed by atoms with Gasteiger partial charge in [0.15, 0.2) is 11.5 Å². The van der Waals surface area contributed by atoms with Gasteiger partial charge in [-0.15, -0.1) is 6.58 Å². The Kier molecular flexibility index (Phi) is 4.84. The van der Waals surface area contributed by atoms with Crippen molar-refractivity contribution in [1.82, 2.24) is 5.01 Å². The van der Waals surface area contributed by atoms with Crippen LogP contribution in [0.4, 0.5) is 0 Å². The molecule has 0 spiro atoms. The summed E-state index contributed by atoms with van der Waals surface area (Å²) in [5.41, 5.74) is 1.89. The second-order valence-electron chi connectivity index (χ2n) is 5.66. The number of carbonyl (C=O) groups excluding carboxylic acids is 2. The van der Waals surface area contributed by atoms with Crippen molar-refractivity contribution in [1.29, 1.82) is 0 Å². The molecule has 1 N–H and O–H groups in total. The molecule has 0 atom stereocenters. The molecule has 6 nitrogen and oxygen atoms in total. The molecule has 26 heavy (non-hydrogen) atoms. The number of allylic oxidation sites excluding steroid dienone is 1. The van der Waals surface area contributed by atoms with Gasteiger partial charge in [-0.3, -0.25) is 9.59 Å². The molecular weight excluding hydrogens is 332 g/mol. The van der Waals surface area contributed by atoms with Crippen LogP contribution in [-0.2, 0) is 6.42 Å². The Labute approximate surface area is 151 Å². The molecule has 2 amide bonds. The van der Waals surface area contributed by atoms with E-state index in [0.717, 1.165) is 5.01 Å². The molecule has 6 heteroatoms. The highest BCUT2D eigenvalue weighted by atomic mass is 16.5. The zero-order valence-electron chi connectivity index (χ0n) is 14.3. The largest absolute Gasteiger partial charge is 0.504 e. The zero-order valence-corrected chi connectivity index (χ0v) is 14.3. The number of phenolic OH excluding ortho intramolecular Hbond substituents is 1. The lowest BCUT2D eigenvalue weighted by Crippen LogP contribution is -2.24. The maximum atomic E-state index is 12.3. The van der Waals surface area contributed by atoms with Crippen LogP contribution in [-0.4, -0.2) is 34.8 Å². The number of ether oxygens (including phenoxy) is 1. The minimum atomic E-state index is -0.461. The lowest BCUT2D eigenvalue weighted by molar-refractivity contribution is 0.0660. The van der Waals surface area contributed by atoms with Crippen molar-refractivity contribution < 1.29 is 19.4 Å². The molecule has 132 valence electrons. The molecule has 2 aromatic carbocycles. The molecule has 1 aliphatic heterocycles. The molecule has 0 aromatic heterocycles. The van der Waals surface area contributed by atoms with Gasteiger partial charge in [0.1, 0.15) is 0 Å². The topological polar surface area (TPSA) is 79.2 Å². The molecule has 2 aromatic rings. The van der Waals surface area contributed by atoms with Gasteiger partial charge >= 0.3 is 0 Å². The monoisotopic (exact) mass is 350 g/mol. The van der Waals surface area contributed by atoms with Crippen molar-refractivity contribution in [3.63, 3.8) is 0 Å². The Hall–Kier alpha value is -3.41. The third-order valence-corrected chi connectivity index (χ3v) is 3.94. The number of benzene rings is 2. The van der Waals surface area contributed by atoms with E-state index < -0.39 is 11.8 Å². The fourth-order valence-corrected chi connectivity index (χ4v) is 2.75. The summed E-state index contributed by atoms with van der Waals surface area (Å²) in [5, 5.41) is 15.1. The molecule has 0 fully saturated rings. The van der Waals surface area contributed by atoms with E-state index in [2.05, 4.69) is 11.7 Å². The van der Waals surface area contributed by atoms with E-state index in [0.29, 0.717) is 41.0 Å². The smallest absolute Gasteiger partial charge is 0.282 e. The number of hydrogen-bond donors (Lipinski definition) is 1. The number of hydrazone groups is 1. The van der Waals surface area contributed by atoms with Crippen LogP contribution in [0.1, 0.15) is 38.8 Å². The summed E-state index contributed by atoms with van der Waals surface area (Å²) in [6.07, 6.45) is 3.51. The predicted molar refractivity (Wildman–Crippen MR) is 97.7 cm³/mol. The van der Waals surface area contributed by atoms with Crippen LogP contribution in [0.25, 0.3) is 0 Å². The summed E-state index contributed by atoms with van der Waals surface area (Å²) in [6, 6.07) is 9.91. The van der Waals surface area contributed by atoms with Crippen LogP contribution in [0.5, 0.6) is 11.5 Å². The maximum absolute atomic E-state index is 12.3. The molecule has 0 unspecified atom stereocenters. The Morgan fingerprint density at radius 2 is 1.85 bits per heavy atom. The fourth-order valence-electron chi connectivity index (χ4n) is 2.75. The Morgan fingerprint density at radius 3 is 2.42 bits per heavy atom. The van der Waals surface area contributed by atoms with Crippen LogP contribution in [0, 0.1) is 0 Å². The van der Waals surface area contributed by atoms with Crippen LogP contribution >= 0.6 is 0 Å². The first-order valence-electron chi connectivity index (χ1n) is 8.18. The van der Waals surface area contributed by atoms with E-state index in [1.807, 2.05) is 6.92 Å². The number of hydrogen-bond acceptors (Lipinski definition) is 5.